The number of fused-ring (bicyclic) bond motifs is 1. The number of carbonyl (C=O) groups is 2. The van der Waals surface area contributed by atoms with E-state index in [0.717, 1.165) is 0 Å². The molecular weight excluding hydrogens is 299 g/mol. The molecule has 5 heteroatoms. The van der Waals surface area contributed by atoms with Gasteiger partial charge in [-0.15, -0.1) is 0 Å². The smallest absolute Gasteiger partial charge is 0.379 e. The van der Waals surface area contributed by atoms with E-state index in [2.05, 4.69) is 0 Å². The second kappa shape index (κ2) is 5.68. The molecule has 0 spiro atoms. The molecule has 4 nitrogen and oxygen atoms in total. The molecule has 23 heavy (non-hydrogen) atoms. The Hall–Kier alpha value is -2.95. The zero-order chi connectivity index (χ0) is 16.6. The van der Waals surface area contributed by atoms with Gasteiger partial charge in [-0.3, -0.25) is 4.79 Å². The predicted molar refractivity (Wildman–Crippen MR) is 82.3 cm³/mol. The van der Waals surface area contributed by atoms with Crippen LogP contribution < -0.4 is 4.74 Å². The number of benzene rings is 2. The predicted octanol–water partition coefficient (Wildman–Crippen LogP) is 4.30. The number of esters is 1. The summed E-state index contributed by atoms with van der Waals surface area (Å²) in [6.45, 7) is 3.12. The van der Waals surface area contributed by atoms with Crippen LogP contribution in [0.1, 0.15) is 33.4 Å². The molecule has 0 saturated heterocycles. The van der Waals surface area contributed by atoms with Crippen molar-refractivity contribution in [1.29, 1.82) is 0 Å². The first kappa shape index (κ1) is 15.0. The van der Waals surface area contributed by atoms with E-state index >= 15 is 0 Å². The summed E-state index contributed by atoms with van der Waals surface area (Å²) in [5.74, 6) is -0.818. The second-order valence-corrected chi connectivity index (χ2v) is 5.17. The van der Waals surface area contributed by atoms with Crippen LogP contribution in [-0.2, 0) is 0 Å². The summed E-state index contributed by atoms with van der Waals surface area (Å²) in [6, 6.07) is 10.3. The maximum atomic E-state index is 13.3. The maximum absolute atomic E-state index is 13.3. The van der Waals surface area contributed by atoms with Crippen molar-refractivity contribution in [2.24, 2.45) is 0 Å². The van der Waals surface area contributed by atoms with Gasteiger partial charge in [0.15, 0.2) is 5.78 Å². The molecule has 0 fully saturated rings. The number of ether oxygens (including phenoxy) is 1. The van der Waals surface area contributed by atoms with Gasteiger partial charge in [-0.25, -0.2) is 9.18 Å². The van der Waals surface area contributed by atoms with E-state index in [-0.39, 0.29) is 11.5 Å². The van der Waals surface area contributed by atoms with Crippen molar-refractivity contribution >= 4 is 22.7 Å². The topological polar surface area (TPSA) is 56.5 Å². The van der Waals surface area contributed by atoms with Gasteiger partial charge in [0.1, 0.15) is 17.1 Å². The molecule has 0 saturated carbocycles. The number of ketones is 1. The largest absolute Gasteiger partial charge is 0.449 e. The Morgan fingerprint density at radius 3 is 2.43 bits per heavy atom. The van der Waals surface area contributed by atoms with E-state index in [1.807, 2.05) is 0 Å². The van der Waals surface area contributed by atoms with Gasteiger partial charge in [0.2, 0.25) is 5.76 Å². The minimum Gasteiger partial charge on any atom is -0.449 e. The summed E-state index contributed by atoms with van der Waals surface area (Å²) < 4.78 is 24.0. The van der Waals surface area contributed by atoms with Crippen LogP contribution in [0.25, 0.3) is 11.0 Å². The van der Waals surface area contributed by atoms with Crippen LogP contribution in [0.4, 0.5) is 4.39 Å². The van der Waals surface area contributed by atoms with Gasteiger partial charge >= 0.3 is 5.97 Å². The minimum atomic E-state index is -0.672. The van der Waals surface area contributed by atoms with Gasteiger partial charge in [-0.2, -0.15) is 0 Å². The molecule has 0 aliphatic heterocycles. The number of hydrogen-bond acceptors (Lipinski definition) is 4. The van der Waals surface area contributed by atoms with Crippen LogP contribution in [-0.4, -0.2) is 11.8 Å². The molecule has 0 atom stereocenters. The number of rotatable bonds is 3. The Balaban J connectivity index is 1.88. The van der Waals surface area contributed by atoms with E-state index in [4.69, 9.17) is 9.15 Å². The van der Waals surface area contributed by atoms with Gasteiger partial charge < -0.3 is 9.15 Å². The van der Waals surface area contributed by atoms with Crippen molar-refractivity contribution in [2.45, 2.75) is 13.8 Å². The molecule has 0 N–H and O–H groups in total. The minimum absolute atomic E-state index is 0.0289. The maximum Gasteiger partial charge on any atom is 0.379 e. The molecule has 3 rings (SSSR count). The summed E-state index contributed by atoms with van der Waals surface area (Å²) in [7, 11) is 0. The lowest BCUT2D eigenvalue weighted by Gasteiger charge is -2.03. The van der Waals surface area contributed by atoms with Gasteiger partial charge in [0, 0.05) is 16.5 Å². The van der Waals surface area contributed by atoms with E-state index < -0.39 is 11.8 Å². The van der Waals surface area contributed by atoms with Gasteiger partial charge in [-0.1, -0.05) is 0 Å². The van der Waals surface area contributed by atoms with E-state index in [1.54, 1.807) is 19.1 Å². The van der Waals surface area contributed by atoms with Crippen molar-refractivity contribution in [1.82, 2.24) is 0 Å². The standard InChI is InChI=1S/C18H13FO4/c1-10-15-9-13(19)5-8-16(15)23-17(10)18(21)22-14-6-3-12(4-7-14)11(2)20/h3-9H,1-2H3. The monoisotopic (exact) mass is 312 g/mol. The average molecular weight is 312 g/mol. The number of furan rings is 1. The summed E-state index contributed by atoms with van der Waals surface area (Å²) in [5.41, 5.74) is 1.47. The van der Waals surface area contributed by atoms with Crippen LogP contribution in [0.5, 0.6) is 5.75 Å². The van der Waals surface area contributed by atoms with Crippen molar-refractivity contribution in [3.05, 3.63) is 65.2 Å². The first-order chi connectivity index (χ1) is 11.0. The molecule has 0 amide bonds. The van der Waals surface area contributed by atoms with E-state index in [9.17, 15) is 14.0 Å². The molecule has 0 radical (unpaired) electrons. The zero-order valence-corrected chi connectivity index (χ0v) is 12.6. The van der Waals surface area contributed by atoms with Crippen LogP contribution in [0.15, 0.2) is 46.9 Å². The van der Waals surface area contributed by atoms with Gasteiger partial charge in [0.05, 0.1) is 0 Å². The number of carbonyl (C=O) groups excluding carboxylic acids is 2. The number of Topliss-reactive ketones (excluding diaryl/α,β-unsaturated/α-hetero) is 1. The Morgan fingerprint density at radius 2 is 1.78 bits per heavy atom. The Bertz CT molecular complexity index is 907. The summed E-state index contributed by atoms with van der Waals surface area (Å²) in [5, 5.41) is 0.531. The van der Waals surface area contributed by atoms with E-state index in [0.29, 0.717) is 27.8 Å². The van der Waals surface area contributed by atoms with Gasteiger partial charge in [-0.05, 0) is 56.3 Å². The molecule has 1 heterocycles. The van der Waals surface area contributed by atoms with E-state index in [1.165, 1.54) is 37.3 Å². The van der Waals surface area contributed by atoms with Gasteiger partial charge in [0.25, 0.3) is 0 Å². The lowest BCUT2D eigenvalue weighted by Crippen LogP contribution is -2.08. The second-order valence-electron chi connectivity index (χ2n) is 5.17. The first-order valence-electron chi connectivity index (χ1n) is 6.97. The van der Waals surface area contributed by atoms with Crippen molar-refractivity contribution in [3.63, 3.8) is 0 Å². The highest BCUT2D eigenvalue weighted by Gasteiger charge is 2.20. The summed E-state index contributed by atoms with van der Waals surface area (Å²) in [6.07, 6.45) is 0. The normalized spacial score (nSPS) is 10.7. The molecule has 0 aliphatic rings. The fourth-order valence-electron chi connectivity index (χ4n) is 2.30. The average Bonchev–Trinajstić information content (AvgIpc) is 2.85. The third-order valence-corrected chi connectivity index (χ3v) is 3.56. The van der Waals surface area contributed by atoms with Crippen LogP contribution in [0.3, 0.4) is 0 Å². The third kappa shape index (κ3) is 2.85. The van der Waals surface area contributed by atoms with Crippen LogP contribution >= 0.6 is 0 Å². The molecule has 3 aromatic rings. The third-order valence-electron chi connectivity index (χ3n) is 3.56. The fourth-order valence-corrected chi connectivity index (χ4v) is 2.30. The number of halogens is 1. The molecule has 1 aromatic heterocycles. The molecule has 116 valence electrons. The van der Waals surface area contributed by atoms with Crippen molar-refractivity contribution in [2.75, 3.05) is 0 Å². The zero-order valence-electron chi connectivity index (χ0n) is 12.6. The molecule has 0 aliphatic carbocycles. The lowest BCUT2D eigenvalue weighted by molar-refractivity contribution is 0.0703. The summed E-state index contributed by atoms with van der Waals surface area (Å²) >= 11 is 0. The molecule has 0 bridgehead atoms. The van der Waals surface area contributed by atoms with Crippen molar-refractivity contribution in [3.8, 4) is 5.75 Å². The Morgan fingerprint density at radius 1 is 1.09 bits per heavy atom. The highest BCUT2D eigenvalue weighted by atomic mass is 19.1. The van der Waals surface area contributed by atoms with Crippen LogP contribution in [0, 0.1) is 12.7 Å². The fraction of sp³-hybridized carbons (Fsp3) is 0.111. The highest BCUT2D eigenvalue weighted by Crippen LogP contribution is 2.27. The summed E-state index contributed by atoms with van der Waals surface area (Å²) in [4.78, 5) is 23.5. The lowest BCUT2D eigenvalue weighted by atomic mass is 10.1. The highest BCUT2D eigenvalue weighted by molar-refractivity contribution is 5.97. The Labute approximate surface area is 131 Å². The first-order valence-corrected chi connectivity index (χ1v) is 6.97. The quantitative estimate of drug-likeness (QED) is 0.411. The van der Waals surface area contributed by atoms with Crippen LogP contribution in [0.2, 0.25) is 0 Å². The molecular formula is C18H13FO4. The Kier molecular flexibility index (Phi) is 3.70. The molecule has 0 unspecified atom stereocenters. The number of hydrogen-bond donors (Lipinski definition) is 0. The SMILES string of the molecule is CC(=O)c1ccc(OC(=O)c2oc3ccc(F)cc3c2C)cc1. The number of aryl methyl sites for hydroxylation is 1. The molecule has 2 aromatic carbocycles. The van der Waals surface area contributed by atoms with Crippen molar-refractivity contribution < 1.29 is 23.1 Å².